The smallest absolute Gasteiger partial charge is 0.408 e. The van der Waals surface area contributed by atoms with E-state index in [0.29, 0.717) is 12.7 Å². The van der Waals surface area contributed by atoms with Crippen LogP contribution in [0.3, 0.4) is 0 Å². The predicted octanol–water partition coefficient (Wildman–Crippen LogP) is 5.92. The highest BCUT2D eigenvalue weighted by Gasteiger charge is 2.36. The van der Waals surface area contributed by atoms with Crippen LogP contribution in [-0.2, 0) is 10.3 Å². The first-order valence-electron chi connectivity index (χ1n) is 10.7. The Kier molecular flexibility index (Phi) is 5.47. The fraction of sp³-hybridized carbons (Fsp3) is 0.542. The SMILES string of the molecule is CCCCC1CCC(Oc2ccc3cc([C@]4(C)COC(=O)N4)ccc3c2)CC1. The van der Waals surface area contributed by atoms with E-state index in [-0.39, 0.29) is 6.09 Å². The van der Waals surface area contributed by atoms with Gasteiger partial charge in [0.15, 0.2) is 0 Å². The van der Waals surface area contributed by atoms with Crippen LogP contribution in [0.2, 0.25) is 0 Å². The number of fused-ring (bicyclic) bond motifs is 1. The number of nitrogens with one attached hydrogen (secondary N) is 1. The third-order valence-electron chi connectivity index (χ3n) is 6.38. The molecule has 2 aliphatic rings. The summed E-state index contributed by atoms with van der Waals surface area (Å²) in [6.45, 7) is 4.63. The highest BCUT2D eigenvalue weighted by Crippen LogP contribution is 2.33. The van der Waals surface area contributed by atoms with E-state index in [0.717, 1.165) is 28.0 Å². The van der Waals surface area contributed by atoms with E-state index < -0.39 is 5.54 Å². The van der Waals surface area contributed by atoms with E-state index in [1.54, 1.807) is 0 Å². The second-order valence-electron chi connectivity index (χ2n) is 8.66. The zero-order chi connectivity index (χ0) is 19.6. The van der Waals surface area contributed by atoms with Crippen LogP contribution in [0.5, 0.6) is 5.75 Å². The molecule has 1 saturated heterocycles. The Morgan fingerprint density at radius 2 is 1.86 bits per heavy atom. The van der Waals surface area contributed by atoms with Crippen LogP contribution in [0.1, 0.15) is 64.4 Å². The molecule has 1 atom stereocenters. The number of alkyl carbamates (subject to hydrolysis) is 1. The van der Waals surface area contributed by atoms with Gasteiger partial charge in [-0.1, -0.05) is 44.4 Å². The molecule has 4 rings (SSSR count). The lowest BCUT2D eigenvalue weighted by Gasteiger charge is -2.29. The Morgan fingerprint density at radius 3 is 2.57 bits per heavy atom. The van der Waals surface area contributed by atoms with Crippen molar-refractivity contribution in [3.05, 3.63) is 42.0 Å². The molecule has 2 aromatic rings. The molecule has 0 aromatic heterocycles. The van der Waals surface area contributed by atoms with Crippen molar-refractivity contribution < 1.29 is 14.3 Å². The average Bonchev–Trinajstić information content (AvgIpc) is 3.07. The van der Waals surface area contributed by atoms with Gasteiger partial charge in [-0.05, 0) is 73.1 Å². The fourth-order valence-electron chi connectivity index (χ4n) is 4.53. The molecular weight excluding hydrogens is 350 g/mol. The molecule has 150 valence electrons. The molecule has 2 aromatic carbocycles. The molecule has 4 nitrogen and oxygen atoms in total. The van der Waals surface area contributed by atoms with Crippen molar-refractivity contribution in [3.63, 3.8) is 0 Å². The number of carbonyl (C=O) groups is 1. The molecule has 0 spiro atoms. The quantitative estimate of drug-likeness (QED) is 0.675. The molecule has 0 unspecified atom stereocenters. The van der Waals surface area contributed by atoms with E-state index >= 15 is 0 Å². The molecule has 28 heavy (non-hydrogen) atoms. The average molecular weight is 382 g/mol. The summed E-state index contributed by atoms with van der Waals surface area (Å²) >= 11 is 0. The van der Waals surface area contributed by atoms with E-state index in [2.05, 4.69) is 48.6 Å². The number of unbranched alkanes of at least 4 members (excludes halogenated alkanes) is 1. The summed E-state index contributed by atoms with van der Waals surface area (Å²) in [5.41, 5.74) is 0.599. The van der Waals surface area contributed by atoms with Crippen LogP contribution in [0.15, 0.2) is 36.4 Å². The topological polar surface area (TPSA) is 47.6 Å². The predicted molar refractivity (Wildman–Crippen MR) is 112 cm³/mol. The molecule has 1 heterocycles. The van der Waals surface area contributed by atoms with E-state index in [4.69, 9.17) is 9.47 Å². The molecule has 1 N–H and O–H groups in total. The number of cyclic esters (lactones) is 1. The zero-order valence-corrected chi connectivity index (χ0v) is 17.0. The zero-order valence-electron chi connectivity index (χ0n) is 17.0. The van der Waals surface area contributed by atoms with Crippen molar-refractivity contribution in [3.8, 4) is 5.75 Å². The van der Waals surface area contributed by atoms with Crippen LogP contribution >= 0.6 is 0 Å². The number of carbonyl (C=O) groups excluding carboxylic acids is 1. The number of rotatable bonds is 6. The van der Waals surface area contributed by atoms with E-state index in [9.17, 15) is 4.79 Å². The van der Waals surface area contributed by atoms with Gasteiger partial charge < -0.3 is 14.8 Å². The van der Waals surface area contributed by atoms with Crippen molar-refractivity contribution >= 4 is 16.9 Å². The van der Waals surface area contributed by atoms with Crippen LogP contribution < -0.4 is 10.1 Å². The van der Waals surface area contributed by atoms with Gasteiger partial charge in [0, 0.05) is 0 Å². The maximum Gasteiger partial charge on any atom is 0.408 e. The maximum atomic E-state index is 11.5. The number of benzene rings is 2. The molecule has 0 bridgehead atoms. The highest BCUT2D eigenvalue weighted by atomic mass is 16.6. The summed E-state index contributed by atoms with van der Waals surface area (Å²) in [6.07, 6.45) is 8.97. The van der Waals surface area contributed by atoms with Gasteiger partial charge in [-0.15, -0.1) is 0 Å². The first-order valence-corrected chi connectivity index (χ1v) is 10.7. The standard InChI is InChI=1S/C24H31NO3/c1-3-4-5-17-6-11-21(12-7-17)28-22-13-9-18-14-20(10-8-19(18)15-22)24(2)16-27-23(26)25-24/h8-10,13-15,17,21H,3-7,11-12,16H2,1-2H3,(H,25,26)/t17?,21?,24-/m0/s1. The van der Waals surface area contributed by atoms with E-state index in [1.165, 1.54) is 44.9 Å². The number of amides is 1. The van der Waals surface area contributed by atoms with Gasteiger partial charge >= 0.3 is 6.09 Å². The van der Waals surface area contributed by atoms with Gasteiger partial charge in [0.1, 0.15) is 12.4 Å². The number of hydrogen-bond donors (Lipinski definition) is 1. The molecule has 4 heteroatoms. The minimum atomic E-state index is -0.461. The van der Waals surface area contributed by atoms with Crippen LogP contribution in [0, 0.1) is 5.92 Å². The number of ether oxygens (including phenoxy) is 2. The monoisotopic (exact) mass is 381 g/mol. The summed E-state index contributed by atoms with van der Waals surface area (Å²) in [6, 6.07) is 12.6. The number of hydrogen-bond acceptors (Lipinski definition) is 3. The fourth-order valence-corrected chi connectivity index (χ4v) is 4.53. The Labute approximate surface area is 167 Å². The van der Waals surface area contributed by atoms with Crippen LogP contribution in [0.4, 0.5) is 4.79 Å². The lowest BCUT2D eigenvalue weighted by molar-refractivity contribution is 0.128. The second kappa shape index (κ2) is 8.02. The first kappa shape index (κ1) is 19.1. The molecular formula is C24H31NO3. The molecule has 1 amide bonds. The third kappa shape index (κ3) is 4.11. The summed E-state index contributed by atoms with van der Waals surface area (Å²) in [5.74, 6) is 1.86. The molecule has 1 saturated carbocycles. The summed E-state index contributed by atoms with van der Waals surface area (Å²) in [4.78, 5) is 11.5. The summed E-state index contributed by atoms with van der Waals surface area (Å²) in [5, 5.41) is 5.21. The normalized spacial score (nSPS) is 27.4. The summed E-state index contributed by atoms with van der Waals surface area (Å²) in [7, 11) is 0. The highest BCUT2D eigenvalue weighted by molar-refractivity contribution is 5.85. The molecule has 2 fully saturated rings. The van der Waals surface area contributed by atoms with Crippen LogP contribution in [0.25, 0.3) is 10.8 Å². The third-order valence-corrected chi connectivity index (χ3v) is 6.38. The lowest BCUT2D eigenvalue weighted by Crippen LogP contribution is -2.37. The van der Waals surface area contributed by atoms with Crippen molar-refractivity contribution in [2.75, 3.05) is 6.61 Å². The largest absolute Gasteiger partial charge is 0.490 e. The Bertz CT molecular complexity index is 841. The maximum absolute atomic E-state index is 11.5. The van der Waals surface area contributed by atoms with Gasteiger partial charge in [-0.3, -0.25) is 0 Å². The second-order valence-corrected chi connectivity index (χ2v) is 8.66. The van der Waals surface area contributed by atoms with Crippen molar-refractivity contribution in [1.29, 1.82) is 0 Å². The lowest BCUT2D eigenvalue weighted by atomic mass is 9.84. The van der Waals surface area contributed by atoms with Gasteiger partial charge in [-0.2, -0.15) is 0 Å². The Balaban J connectivity index is 1.41. The van der Waals surface area contributed by atoms with Gasteiger partial charge in [0.25, 0.3) is 0 Å². The summed E-state index contributed by atoms with van der Waals surface area (Å²) < 4.78 is 11.4. The molecule has 1 aliphatic carbocycles. The molecule has 0 radical (unpaired) electrons. The van der Waals surface area contributed by atoms with Gasteiger partial charge in [-0.25, -0.2) is 4.79 Å². The minimum Gasteiger partial charge on any atom is -0.490 e. The van der Waals surface area contributed by atoms with Crippen LogP contribution in [-0.4, -0.2) is 18.8 Å². The molecule has 1 aliphatic heterocycles. The van der Waals surface area contributed by atoms with Crippen molar-refractivity contribution in [2.24, 2.45) is 5.92 Å². The Hall–Kier alpha value is -2.23. The minimum absolute atomic E-state index is 0.347. The van der Waals surface area contributed by atoms with Crippen molar-refractivity contribution in [1.82, 2.24) is 5.32 Å². The van der Waals surface area contributed by atoms with E-state index in [1.807, 2.05) is 6.92 Å². The van der Waals surface area contributed by atoms with Crippen molar-refractivity contribution in [2.45, 2.75) is 70.4 Å². The van der Waals surface area contributed by atoms with Gasteiger partial charge in [0.2, 0.25) is 0 Å². The van der Waals surface area contributed by atoms with Gasteiger partial charge in [0.05, 0.1) is 11.6 Å². The Morgan fingerprint density at radius 1 is 1.11 bits per heavy atom. The first-order chi connectivity index (χ1) is 13.6.